The summed E-state index contributed by atoms with van der Waals surface area (Å²) >= 11 is 0. The highest BCUT2D eigenvalue weighted by atomic mass is 16.6. The van der Waals surface area contributed by atoms with Gasteiger partial charge in [0.1, 0.15) is 11.6 Å². The van der Waals surface area contributed by atoms with Gasteiger partial charge < -0.3 is 15.4 Å². The number of nitrogens with zero attached hydrogens (tertiary/aromatic N) is 3. The Balaban J connectivity index is 5.25. The van der Waals surface area contributed by atoms with Crippen LogP contribution in [0.5, 0.6) is 0 Å². The van der Waals surface area contributed by atoms with E-state index in [1.54, 1.807) is 41.5 Å². The van der Waals surface area contributed by atoms with Crippen LogP contribution in [0, 0.1) is 11.8 Å². The minimum Gasteiger partial charge on any atom is -0.444 e. The highest BCUT2D eigenvalue weighted by Crippen LogP contribution is 2.13. The van der Waals surface area contributed by atoms with Gasteiger partial charge in [0.15, 0.2) is 0 Å². The summed E-state index contributed by atoms with van der Waals surface area (Å²) in [5.41, 5.74) is 7.72. The molecule has 25 heavy (non-hydrogen) atoms. The number of ether oxygens (including phenoxy) is 1. The van der Waals surface area contributed by atoms with Crippen molar-refractivity contribution < 1.29 is 19.1 Å². The third-order valence-electron chi connectivity index (χ3n) is 3.54. The van der Waals surface area contributed by atoms with Crippen LogP contribution >= 0.6 is 0 Å². The Labute approximate surface area is 148 Å². The molecule has 0 saturated carbocycles. The molecule has 0 aliphatic rings. The van der Waals surface area contributed by atoms with Gasteiger partial charge in [-0.2, -0.15) is 0 Å². The number of carbonyl (C=O) groups is 3. The van der Waals surface area contributed by atoms with Crippen LogP contribution in [0.15, 0.2) is 5.11 Å². The maximum absolute atomic E-state index is 12.6. The monoisotopic (exact) mass is 355 g/mol. The fourth-order valence-electron chi connectivity index (χ4n) is 2.00. The zero-order valence-corrected chi connectivity index (χ0v) is 16.0. The molecule has 3 amide bonds. The summed E-state index contributed by atoms with van der Waals surface area (Å²) in [4.78, 5) is 38.9. The van der Waals surface area contributed by atoms with E-state index >= 15 is 0 Å². The summed E-state index contributed by atoms with van der Waals surface area (Å²) in [6, 6.07) is -1.84. The van der Waals surface area contributed by atoms with Gasteiger partial charge in [-0.3, -0.25) is 9.59 Å². The van der Waals surface area contributed by atoms with Gasteiger partial charge in [0, 0.05) is 4.91 Å². The summed E-state index contributed by atoms with van der Waals surface area (Å²) < 4.78 is 5.19. The van der Waals surface area contributed by atoms with Crippen LogP contribution in [0.3, 0.4) is 0 Å². The molecule has 0 aromatic heterocycles. The molecule has 9 heteroatoms. The van der Waals surface area contributed by atoms with E-state index in [1.807, 2.05) is 6.92 Å². The van der Waals surface area contributed by atoms with E-state index in [1.165, 1.54) is 0 Å². The van der Waals surface area contributed by atoms with Crippen molar-refractivity contribution in [1.82, 2.24) is 10.6 Å². The molecule has 0 unspecified atom stereocenters. The summed E-state index contributed by atoms with van der Waals surface area (Å²) in [6.07, 6.45) is -0.0831. The standard InChI is InChI=1S/C16H29N5O4/c1-8-10(4)12(19-15(24)25-16(5,6)7)13(22)18-11(9(2)3)14(23)20-21-17/h9-12H,8H2,1-7H3,(H,18,22)(H,19,24)/t10-,11-,12-/m0/s1. The lowest BCUT2D eigenvalue weighted by Crippen LogP contribution is -2.55. The molecule has 0 aliphatic carbocycles. The zero-order chi connectivity index (χ0) is 19.8. The maximum atomic E-state index is 12.6. The van der Waals surface area contributed by atoms with Gasteiger partial charge in [-0.1, -0.05) is 34.1 Å². The maximum Gasteiger partial charge on any atom is 0.408 e. The molecule has 9 nitrogen and oxygen atoms in total. The number of hydrogen-bond acceptors (Lipinski definition) is 4. The Morgan fingerprint density at radius 2 is 1.68 bits per heavy atom. The first kappa shape index (κ1) is 22.7. The van der Waals surface area contributed by atoms with Crippen molar-refractivity contribution in [3.05, 3.63) is 10.4 Å². The highest BCUT2D eigenvalue weighted by molar-refractivity contribution is 5.91. The molecule has 0 aliphatic heterocycles. The molecule has 0 aromatic rings. The number of hydrogen-bond donors (Lipinski definition) is 2. The molecule has 0 heterocycles. The van der Waals surface area contributed by atoms with Crippen LogP contribution < -0.4 is 10.6 Å². The predicted octanol–water partition coefficient (Wildman–Crippen LogP) is 2.90. The lowest BCUT2D eigenvalue weighted by atomic mass is 9.97. The van der Waals surface area contributed by atoms with E-state index in [2.05, 4.69) is 20.7 Å². The quantitative estimate of drug-likeness (QED) is 0.412. The van der Waals surface area contributed by atoms with Crippen molar-refractivity contribution in [3.63, 3.8) is 0 Å². The zero-order valence-electron chi connectivity index (χ0n) is 16.0. The second-order valence-corrected chi connectivity index (χ2v) is 7.27. The SMILES string of the molecule is CC[C@H](C)[C@H](NC(=O)OC(C)(C)C)C(=O)N[C@H](C(=O)N=[N+]=[N-])C(C)C. The number of azide groups is 1. The molecule has 3 atom stereocenters. The number of carbonyl (C=O) groups excluding carboxylic acids is 3. The Hall–Kier alpha value is -2.28. The fraction of sp³-hybridized carbons (Fsp3) is 0.812. The van der Waals surface area contributed by atoms with Gasteiger partial charge in [-0.25, -0.2) is 4.79 Å². The third kappa shape index (κ3) is 8.39. The number of rotatable bonds is 7. The average Bonchev–Trinajstić information content (AvgIpc) is 2.47. The van der Waals surface area contributed by atoms with E-state index in [-0.39, 0.29) is 11.8 Å². The van der Waals surface area contributed by atoms with Gasteiger partial charge in [0.05, 0.1) is 6.04 Å². The first-order chi connectivity index (χ1) is 11.4. The summed E-state index contributed by atoms with van der Waals surface area (Å²) in [7, 11) is 0. The minimum absolute atomic E-state index is 0.185. The van der Waals surface area contributed by atoms with Gasteiger partial charge >= 0.3 is 6.09 Å². The van der Waals surface area contributed by atoms with Crippen LogP contribution in [0.2, 0.25) is 0 Å². The number of nitrogens with one attached hydrogen (secondary N) is 2. The molecule has 2 N–H and O–H groups in total. The normalized spacial score (nSPS) is 14.7. The van der Waals surface area contributed by atoms with Crippen molar-refractivity contribution in [3.8, 4) is 0 Å². The lowest BCUT2D eigenvalue weighted by Gasteiger charge is -2.28. The molecule has 0 fully saturated rings. The second kappa shape index (κ2) is 9.88. The summed E-state index contributed by atoms with van der Waals surface area (Å²) in [6.45, 7) is 12.3. The molecule has 0 radical (unpaired) electrons. The Morgan fingerprint density at radius 1 is 1.12 bits per heavy atom. The molecule has 0 aromatic carbocycles. The van der Waals surface area contributed by atoms with Crippen LogP contribution in [0.1, 0.15) is 54.9 Å². The van der Waals surface area contributed by atoms with Crippen molar-refractivity contribution in [2.75, 3.05) is 0 Å². The van der Waals surface area contributed by atoms with Gasteiger partial charge in [-0.15, -0.1) is 0 Å². The van der Waals surface area contributed by atoms with E-state index in [4.69, 9.17) is 10.3 Å². The largest absolute Gasteiger partial charge is 0.444 e. The Bertz CT molecular complexity index is 535. The van der Waals surface area contributed by atoms with Gasteiger partial charge in [-0.05, 0) is 43.3 Å². The van der Waals surface area contributed by atoms with Gasteiger partial charge in [0.25, 0.3) is 0 Å². The molecular weight excluding hydrogens is 326 g/mol. The van der Waals surface area contributed by atoms with Crippen LogP contribution in [-0.2, 0) is 14.3 Å². The first-order valence-electron chi connectivity index (χ1n) is 8.31. The summed E-state index contributed by atoms with van der Waals surface area (Å²) in [5.74, 6) is -1.76. The van der Waals surface area contributed by atoms with E-state index < -0.39 is 35.6 Å². The van der Waals surface area contributed by atoms with E-state index in [9.17, 15) is 14.4 Å². The van der Waals surface area contributed by atoms with Crippen LogP contribution in [0.25, 0.3) is 10.4 Å². The highest BCUT2D eigenvalue weighted by Gasteiger charge is 2.32. The number of amides is 3. The van der Waals surface area contributed by atoms with Crippen LogP contribution in [-0.4, -0.2) is 35.6 Å². The molecular formula is C16H29N5O4. The van der Waals surface area contributed by atoms with Gasteiger partial charge in [0.2, 0.25) is 11.8 Å². The van der Waals surface area contributed by atoms with Crippen LogP contribution in [0.4, 0.5) is 4.79 Å². The topological polar surface area (TPSA) is 133 Å². The Morgan fingerprint density at radius 3 is 2.08 bits per heavy atom. The molecule has 142 valence electrons. The van der Waals surface area contributed by atoms with Crippen molar-refractivity contribution in [2.24, 2.45) is 17.0 Å². The average molecular weight is 355 g/mol. The second-order valence-electron chi connectivity index (χ2n) is 7.27. The molecule has 0 saturated heterocycles. The third-order valence-corrected chi connectivity index (χ3v) is 3.54. The smallest absolute Gasteiger partial charge is 0.408 e. The van der Waals surface area contributed by atoms with Crippen molar-refractivity contribution in [2.45, 2.75) is 72.6 Å². The first-order valence-corrected chi connectivity index (χ1v) is 8.31. The van der Waals surface area contributed by atoms with E-state index in [0.717, 1.165) is 0 Å². The predicted molar refractivity (Wildman–Crippen MR) is 93.5 cm³/mol. The summed E-state index contributed by atoms with van der Waals surface area (Å²) in [5, 5.41) is 8.16. The Kier molecular flexibility index (Phi) is 8.98. The minimum atomic E-state index is -0.963. The van der Waals surface area contributed by atoms with Crippen molar-refractivity contribution in [1.29, 1.82) is 0 Å². The lowest BCUT2D eigenvalue weighted by molar-refractivity contribution is -0.130. The van der Waals surface area contributed by atoms with Crippen molar-refractivity contribution >= 4 is 17.9 Å². The molecule has 0 bridgehead atoms. The van der Waals surface area contributed by atoms with E-state index in [0.29, 0.717) is 6.42 Å². The molecule has 0 rings (SSSR count). The molecule has 0 spiro atoms. The fourth-order valence-corrected chi connectivity index (χ4v) is 2.00. The number of alkyl carbamates (subject to hydrolysis) is 1.